The van der Waals surface area contributed by atoms with Gasteiger partial charge in [-0.05, 0) is 38.8 Å². The first-order chi connectivity index (χ1) is 11.9. The van der Waals surface area contributed by atoms with E-state index in [1.54, 1.807) is 13.0 Å². The summed E-state index contributed by atoms with van der Waals surface area (Å²) >= 11 is 0. The van der Waals surface area contributed by atoms with E-state index in [1.807, 2.05) is 0 Å². The molecule has 0 aromatic heterocycles. The van der Waals surface area contributed by atoms with E-state index < -0.39 is 24.0 Å². The average Bonchev–Trinajstić information content (AvgIpc) is 2.57. The normalized spacial score (nSPS) is 15.9. The van der Waals surface area contributed by atoms with Crippen LogP contribution in [0.1, 0.15) is 54.9 Å². The summed E-state index contributed by atoms with van der Waals surface area (Å²) in [5, 5.41) is 14.7. The lowest BCUT2D eigenvalue weighted by atomic mass is 9.96. The van der Waals surface area contributed by atoms with Gasteiger partial charge >= 0.3 is 12.0 Å². The van der Waals surface area contributed by atoms with Gasteiger partial charge in [0.1, 0.15) is 11.3 Å². The van der Waals surface area contributed by atoms with Crippen molar-refractivity contribution >= 4 is 17.9 Å². The first kappa shape index (κ1) is 18.8. The van der Waals surface area contributed by atoms with E-state index in [0.717, 1.165) is 37.7 Å². The standard InChI is InChI=1S/C18H24N2O5/c1-11-8-9-15(21)14(10-11)17(23)25-12(2)16(22)20-18(24)19-13-6-4-3-5-7-13/h8-10,12-13,21H,3-7H2,1-2H3,(H2,19,20,22,24)/t12-/m0/s1. The summed E-state index contributed by atoms with van der Waals surface area (Å²) in [6.45, 7) is 3.13. The maximum Gasteiger partial charge on any atom is 0.342 e. The van der Waals surface area contributed by atoms with Gasteiger partial charge in [-0.15, -0.1) is 0 Å². The van der Waals surface area contributed by atoms with Crippen molar-refractivity contribution < 1.29 is 24.2 Å². The highest BCUT2D eigenvalue weighted by Crippen LogP contribution is 2.20. The van der Waals surface area contributed by atoms with Gasteiger partial charge in [0.15, 0.2) is 6.10 Å². The van der Waals surface area contributed by atoms with Gasteiger partial charge in [-0.3, -0.25) is 10.1 Å². The number of hydrogen-bond acceptors (Lipinski definition) is 5. The summed E-state index contributed by atoms with van der Waals surface area (Å²) in [6.07, 6.45) is 3.93. The molecule has 25 heavy (non-hydrogen) atoms. The Morgan fingerprint density at radius 1 is 1.20 bits per heavy atom. The van der Waals surface area contributed by atoms with Crippen LogP contribution in [0.5, 0.6) is 5.75 Å². The van der Waals surface area contributed by atoms with E-state index in [9.17, 15) is 19.5 Å². The molecule has 0 heterocycles. The highest BCUT2D eigenvalue weighted by atomic mass is 16.5. The van der Waals surface area contributed by atoms with Gasteiger partial charge in [0.2, 0.25) is 0 Å². The molecular weight excluding hydrogens is 324 g/mol. The Morgan fingerprint density at radius 3 is 2.56 bits per heavy atom. The first-order valence-electron chi connectivity index (χ1n) is 8.49. The monoisotopic (exact) mass is 348 g/mol. The fourth-order valence-corrected chi connectivity index (χ4v) is 2.77. The van der Waals surface area contributed by atoms with Crippen molar-refractivity contribution in [2.24, 2.45) is 0 Å². The van der Waals surface area contributed by atoms with Crippen LogP contribution in [-0.2, 0) is 9.53 Å². The van der Waals surface area contributed by atoms with Crippen LogP contribution in [0.25, 0.3) is 0 Å². The molecule has 0 aliphatic heterocycles. The van der Waals surface area contributed by atoms with E-state index in [0.29, 0.717) is 0 Å². The quantitative estimate of drug-likeness (QED) is 0.725. The molecule has 7 nitrogen and oxygen atoms in total. The molecule has 7 heteroatoms. The summed E-state index contributed by atoms with van der Waals surface area (Å²) in [4.78, 5) is 35.9. The second-order valence-corrected chi connectivity index (χ2v) is 6.37. The molecule has 1 aromatic carbocycles. The number of rotatable bonds is 4. The molecule has 0 bridgehead atoms. The van der Waals surface area contributed by atoms with E-state index in [4.69, 9.17) is 4.74 Å². The number of esters is 1. The Labute approximate surface area is 146 Å². The molecule has 3 N–H and O–H groups in total. The summed E-state index contributed by atoms with van der Waals surface area (Å²) in [7, 11) is 0. The molecular formula is C18H24N2O5. The molecule has 1 aliphatic rings. The second-order valence-electron chi connectivity index (χ2n) is 6.37. The topological polar surface area (TPSA) is 105 Å². The molecule has 0 spiro atoms. The maximum atomic E-state index is 12.1. The van der Waals surface area contributed by atoms with Crippen LogP contribution in [-0.4, -0.2) is 35.2 Å². The van der Waals surface area contributed by atoms with Crippen LogP contribution in [0.4, 0.5) is 4.79 Å². The largest absolute Gasteiger partial charge is 0.507 e. The summed E-state index contributed by atoms with van der Waals surface area (Å²) in [6, 6.07) is 3.99. The Morgan fingerprint density at radius 2 is 1.88 bits per heavy atom. The molecule has 3 amide bonds. The van der Waals surface area contributed by atoms with Gasteiger partial charge in [-0.1, -0.05) is 30.9 Å². The lowest BCUT2D eigenvalue weighted by Crippen LogP contribution is -2.48. The van der Waals surface area contributed by atoms with Crippen LogP contribution in [0, 0.1) is 6.92 Å². The van der Waals surface area contributed by atoms with Crippen molar-refractivity contribution in [1.29, 1.82) is 0 Å². The Balaban J connectivity index is 1.85. The highest BCUT2D eigenvalue weighted by Gasteiger charge is 2.23. The Bertz CT molecular complexity index is 653. The number of phenols is 1. The number of aryl methyl sites for hydroxylation is 1. The number of ether oxygens (including phenoxy) is 1. The van der Waals surface area contributed by atoms with Crippen molar-refractivity contribution in [3.63, 3.8) is 0 Å². The van der Waals surface area contributed by atoms with Gasteiger partial charge in [0, 0.05) is 6.04 Å². The number of hydrogen-bond donors (Lipinski definition) is 3. The lowest BCUT2D eigenvalue weighted by Gasteiger charge is -2.23. The third-order valence-corrected chi connectivity index (χ3v) is 4.20. The van der Waals surface area contributed by atoms with Gasteiger partial charge in [-0.25, -0.2) is 9.59 Å². The van der Waals surface area contributed by atoms with Crippen LogP contribution in [0.3, 0.4) is 0 Å². The van der Waals surface area contributed by atoms with Crippen molar-refractivity contribution in [2.75, 3.05) is 0 Å². The zero-order valence-corrected chi connectivity index (χ0v) is 14.5. The molecule has 136 valence electrons. The van der Waals surface area contributed by atoms with E-state index >= 15 is 0 Å². The SMILES string of the molecule is Cc1ccc(O)c(C(=O)O[C@@H](C)C(=O)NC(=O)NC2CCCCC2)c1. The zero-order chi connectivity index (χ0) is 18.4. The number of imide groups is 1. The third kappa shape index (κ3) is 5.48. The summed E-state index contributed by atoms with van der Waals surface area (Å²) in [5.74, 6) is -1.76. The molecule has 0 radical (unpaired) electrons. The van der Waals surface area contributed by atoms with E-state index in [1.165, 1.54) is 19.1 Å². The molecule has 1 aliphatic carbocycles. The van der Waals surface area contributed by atoms with Crippen molar-refractivity contribution in [2.45, 2.75) is 58.1 Å². The number of benzene rings is 1. The predicted octanol–water partition coefficient (Wildman–Crippen LogP) is 2.40. The lowest BCUT2D eigenvalue weighted by molar-refractivity contribution is -0.127. The fourth-order valence-electron chi connectivity index (χ4n) is 2.77. The number of nitrogens with one attached hydrogen (secondary N) is 2. The van der Waals surface area contributed by atoms with Crippen LogP contribution in [0.15, 0.2) is 18.2 Å². The van der Waals surface area contributed by atoms with Crippen LogP contribution < -0.4 is 10.6 Å². The number of aromatic hydroxyl groups is 1. The maximum absolute atomic E-state index is 12.1. The minimum atomic E-state index is -1.16. The van der Waals surface area contributed by atoms with Crippen molar-refractivity contribution in [3.05, 3.63) is 29.3 Å². The van der Waals surface area contributed by atoms with Gasteiger partial charge < -0.3 is 15.2 Å². The zero-order valence-electron chi connectivity index (χ0n) is 14.5. The number of amides is 3. The molecule has 1 atom stereocenters. The summed E-state index contributed by atoms with van der Waals surface area (Å²) in [5.41, 5.74) is 0.750. The number of urea groups is 1. The van der Waals surface area contributed by atoms with Gasteiger partial charge in [0.25, 0.3) is 5.91 Å². The molecule has 2 rings (SSSR count). The van der Waals surface area contributed by atoms with Gasteiger partial charge in [0.05, 0.1) is 0 Å². The Hall–Kier alpha value is -2.57. The van der Waals surface area contributed by atoms with E-state index in [-0.39, 0.29) is 17.4 Å². The molecule has 1 saturated carbocycles. The highest BCUT2D eigenvalue weighted by molar-refractivity contribution is 5.99. The average molecular weight is 348 g/mol. The van der Waals surface area contributed by atoms with Crippen molar-refractivity contribution in [3.8, 4) is 5.75 Å². The Kier molecular flexibility index (Phi) is 6.38. The smallest absolute Gasteiger partial charge is 0.342 e. The van der Waals surface area contributed by atoms with Crippen molar-refractivity contribution in [1.82, 2.24) is 10.6 Å². The molecule has 1 fully saturated rings. The minimum absolute atomic E-state index is 0.0219. The summed E-state index contributed by atoms with van der Waals surface area (Å²) < 4.78 is 5.03. The second kappa shape index (κ2) is 8.50. The first-order valence-corrected chi connectivity index (χ1v) is 8.49. The molecule has 1 aromatic rings. The third-order valence-electron chi connectivity index (χ3n) is 4.20. The van der Waals surface area contributed by atoms with E-state index in [2.05, 4.69) is 10.6 Å². The van der Waals surface area contributed by atoms with Crippen LogP contribution in [0.2, 0.25) is 0 Å². The predicted molar refractivity (Wildman–Crippen MR) is 91.3 cm³/mol. The minimum Gasteiger partial charge on any atom is -0.507 e. The number of phenolic OH excluding ortho intramolecular Hbond substituents is 1. The number of carbonyl (C=O) groups excluding carboxylic acids is 3. The fraction of sp³-hybridized carbons (Fsp3) is 0.500. The molecule has 0 saturated heterocycles. The van der Waals surface area contributed by atoms with Crippen LogP contribution >= 0.6 is 0 Å². The molecule has 0 unspecified atom stereocenters. The number of carbonyl (C=O) groups is 3. The van der Waals surface area contributed by atoms with Gasteiger partial charge in [-0.2, -0.15) is 0 Å².